The van der Waals surface area contributed by atoms with Gasteiger partial charge in [-0.15, -0.1) is 0 Å². The Morgan fingerprint density at radius 2 is 1.81 bits per heavy atom. The van der Waals surface area contributed by atoms with Crippen molar-refractivity contribution in [3.63, 3.8) is 0 Å². The second-order valence-electron chi connectivity index (χ2n) is 5.68. The predicted octanol–water partition coefficient (Wildman–Crippen LogP) is 1.68. The summed E-state index contributed by atoms with van der Waals surface area (Å²) in [7, 11) is -3.86. The van der Waals surface area contributed by atoms with Crippen molar-refractivity contribution in [2.24, 2.45) is 5.14 Å². The number of halogens is 1. The topological polar surface area (TPSA) is 107 Å². The molecule has 7 nitrogen and oxygen atoms in total. The van der Waals surface area contributed by atoms with Gasteiger partial charge in [-0.05, 0) is 48.9 Å². The molecule has 2 N–H and O–H groups in total. The van der Waals surface area contributed by atoms with Gasteiger partial charge in [0.05, 0.1) is 10.5 Å². The zero-order chi connectivity index (χ0) is 20.0. The first kappa shape index (κ1) is 20.5. The van der Waals surface area contributed by atoms with Crippen LogP contribution in [0.25, 0.3) is 0 Å². The molecule has 27 heavy (non-hydrogen) atoms. The number of primary sulfonamides is 1. The van der Waals surface area contributed by atoms with Crippen LogP contribution in [0, 0.1) is 5.82 Å². The number of ether oxygens (including phenoxy) is 1. The Hall–Kier alpha value is -2.78. The van der Waals surface area contributed by atoms with Crippen LogP contribution in [0.1, 0.15) is 22.8 Å². The Morgan fingerprint density at radius 1 is 1.15 bits per heavy atom. The number of nitrogens with two attached hydrogens (primary N) is 1. The number of likely N-dealkylation sites (N-methyl/N-ethyl adjacent to an activating group) is 1. The summed E-state index contributed by atoms with van der Waals surface area (Å²) in [6.07, 6.45) is 0. The van der Waals surface area contributed by atoms with Crippen LogP contribution >= 0.6 is 0 Å². The van der Waals surface area contributed by atoms with Crippen molar-refractivity contribution in [3.8, 4) is 0 Å². The molecule has 0 aliphatic carbocycles. The van der Waals surface area contributed by atoms with Crippen molar-refractivity contribution in [3.05, 3.63) is 65.5 Å². The van der Waals surface area contributed by atoms with E-state index in [1.54, 1.807) is 19.1 Å². The fourth-order valence-corrected chi connectivity index (χ4v) is 2.83. The third kappa shape index (κ3) is 5.87. The molecule has 0 atom stereocenters. The Kier molecular flexibility index (Phi) is 6.65. The lowest BCUT2D eigenvalue weighted by atomic mass is 10.2. The van der Waals surface area contributed by atoms with Gasteiger partial charge in [0.1, 0.15) is 5.82 Å². The molecule has 144 valence electrons. The van der Waals surface area contributed by atoms with Gasteiger partial charge < -0.3 is 9.64 Å². The lowest BCUT2D eigenvalue weighted by molar-refractivity contribution is -0.134. The average molecular weight is 394 g/mol. The van der Waals surface area contributed by atoms with E-state index in [2.05, 4.69) is 0 Å². The molecule has 0 fully saturated rings. The number of carbonyl (C=O) groups excluding carboxylic acids is 2. The van der Waals surface area contributed by atoms with Gasteiger partial charge in [0.25, 0.3) is 5.91 Å². The largest absolute Gasteiger partial charge is 0.452 e. The molecule has 9 heteroatoms. The lowest BCUT2D eigenvalue weighted by Gasteiger charge is -2.21. The second kappa shape index (κ2) is 8.74. The molecule has 0 aliphatic heterocycles. The number of esters is 1. The highest BCUT2D eigenvalue weighted by Crippen LogP contribution is 2.11. The van der Waals surface area contributed by atoms with Gasteiger partial charge in [0.15, 0.2) is 6.61 Å². The average Bonchev–Trinajstić information content (AvgIpc) is 2.63. The summed E-state index contributed by atoms with van der Waals surface area (Å²) in [5, 5.41) is 4.98. The molecule has 0 aliphatic rings. The molecule has 0 saturated carbocycles. The molecule has 1 amide bonds. The third-order valence-electron chi connectivity index (χ3n) is 3.74. The zero-order valence-electron chi connectivity index (χ0n) is 14.6. The van der Waals surface area contributed by atoms with Crippen LogP contribution < -0.4 is 5.14 Å². The summed E-state index contributed by atoms with van der Waals surface area (Å²) in [6.45, 7) is 1.81. The predicted molar refractivity (Wildman–Crippen MR) is 95.6 cm³/mol. The fourth-order valence-electron chi connectivity index (χ4n) is 2.31. The number of nitrogens with zero attached hydrogens (tertiary/aromatic N) is 1. The van der Waals surface area contributed by atoms with E-state index in [-0.39, 0.29) is 17.0 Å². The van der Waals surface area contributed by atoms with Gasteiger partial charge in [-0.2, -0.15) is 0 Å². The Balaban J connectivity index is 1.95. The van der Waals surface area contributed by atoms with Crippen molar-refractivity contribution < 1.29 is 27.1 Å². The second-order valence-corrected chi connectivity index (χ2v) is 7.24. The van der Waals surface area contributed by atoms with Gasteiger partial charge in [0.2, 0.25) is 10.0 Å². The number of carbonyl (C=O) groups is 2. The summed E-state index contributed by atoms with van der Waals surface area (Å²) in [4.78, 5) is 25.5. The highest BCUT2D eigenvalue weighted by atomic mass is 32.2. The van der Waals surface area contributed by atoms with E-state index in [1.807, 2.05) is 0 Å². The Morgan fingerprint density at radius 3 is 2.37 bits per heavy atom. The van der Waals surface area contributed by atoms with E-state index in [9.17, 15) is 22.4 Å². The van der Waals surface area contributed by atoms with E-state index < -0.39 is 34.3 Å². The van der Waals surface area contributed by atoms with Crippen molar-refractivity contribution in [2.75, 3.05) is 13.2 Å². The summed E-state index contributed by atoms with van der Waals surface area (Å²) in [5.74, 6) is -1.60. The molecule has 0 aromatic heterocycles. The molecule has 2 aromatic carbocycles. The Labute approximate surface area is 156 Å². The van der Waals surface area contributed by atoms with Gasteiger partial charge in [-0.1, -0.05) is 12.1 Å². The lowest BCUT2D eigenvalue weighted by Crippen LogP contribution is -2.34. The van der Waals surface area contributed by atoms with E-state index in [4.69, 9.17) is 9.88 Å². The molecular weight excluding hydrogens is 375 g/mol. The van der Waals surface area contributed by atoms with Crippen LogP contribution in [0.5, 0.6) is 0 Å². The molecule has 2 rings (SSSR count). The normalized spacial score (nSPS) is 11.1. The molecule has 0 radical (unpaired) electrons. The van der Waals surface area contributed by atoms with E-state index in [0.717, 1.165) is 0 Å². The van der Waals surface area contributed by atoms with Gasteiger partial charge in [-0.3, -0.25) is 4.79 Å². The van der Waals surface area contributed by atoms with Crippen LogP contribution in [-0.2, 0) is 26.1 Å². The number of rotatable bonds is 7. The highest BCUT2D eigenvalue weighted by molar-refractivity contribution is 7.89. The first-order valence-corrected chi connectivity index (χ1v) is 9.57. The summed E-state index contributed by atoms with van der Waals surface area (Å²) >= 11 is 0. The minimum atomic E-state index is -3.86. The number of benzene rings is 2. The van der Waals surface area contributed by atoms with Crippen LogP contribution in [-0.4, -0.2) is 38.3 Å². The van der Waals surface area contributed by atoms with Crippen molar-refractivity contribution >= 4 is 21.9 Å². The first-order valence-electron chi connectivity index (χ1n) is 8.03. The summed E-state index contributed by atoms with van der Waals surface area (Å²) in [5.41, 5.74) is 0.707. The number of sulfonamides is 1. The summed E-state index contributed by atoms with van der Waals surface area (Å²) in [6, 6.07) is 10.7. The molecular formula is C18H19FN2O5S. The van der Waals surface area contributed by atoms with E-state index >= 15 is 0 Å². The zero-order valence-corrected chi connectivity index (χ0v) is 15.4. The number of hydrogen-bond acceptors (Lipinski definition) is 5. The van der Waals surface area contributed by atoms with Crippen LogP contribution in [0.3, 0.4) is 0 Å². The van der Waals surface area contributed by atoms with E-state index in [0.29, 0.717) is 12.1 Å². The monoisotopic (exact) mass is 394 g/mol. The SMILES string of the molecule is CCN(Cc1cccc(F)c1)C(=O)COC(=O)c1ccc(S(N)(=O)=O)cc1. The quantitative estimate of drug-likeness (QED) is 0.719. The van der Waals surface area contributed by atoms with Crippen molar-refractivity contribution in [1.82, 2.24) is 4.90 Å². The van der Waals surface area contributed by atoms with Crippen LogP contribution in [0.4, 0.5) is 4.39 Å². The maximum atomic E-state index is 13.2. The molecule has 0 bridgehead atoms. The van der Waals surface area contributed by atoms with Crippen molar-refractivity contribution in [2.45, 2.75) is 18.4 Å². The van der Waals surface area contributed by atoms with Gasteiger partial charge in [-0.25, -0.2) is 22.7 Å². The minimum absolute atomic E-state index is 0.0865. The van der Waals surface area contributed by atoms with Crippen molar-refractivity contribution in [1.29, 1.82) is 0 Å². The highest BCUT2D eigenvalue weighted by Gasteiger charge is 2.16. The van der Waals surface area contributed by atoms with E-state index in [1.165, 1.54) is 41.3 Å². The van der Waals surface area contributed by atoms with Crippen LogP contribution in [0.2, 0.25) is 0 Å². The maximum absolute atomic E-state index is 13.2. The molecule has 2 aromatic rings. The maximum Gasteiger partial charge on any atom is 0.338 e. The van der Waals surface area contributed by atoms with Crippen LogP contribution in [0.15, 0.2) is 53.4 Å². The fraction of sp³-hybridized carbons (Fsp3) is 0.222. The minimum Gasteiger partial charge on any atom is -0.452 e. The smallest absolute Gasteiger partial charge is 0.338 e. The number of amides is 1. The third-order valence-corrected chi connectivity index (χ3v) is 4.67. The van der Waals surface area contributed by atoms with Gasteiger partial charge >= 0.3 is 5.97 Å². The molecule has 0 unspecified atom stereocenters. The molecule has 0 spiro atoms. The molecule has 0 saturated heterocycles. The first-order chi connectivity index (χ1) is 12.7. The van der Waals surface area contributed by atoms with Gasteiger partial charge in [0, 0.05) is 13.1 Å². The standard InChI is InChI=1S/C18H19FN2O5S/c1-2-21(11-13-4-3-5-15(19)10-13)17(22)12-26-18(23)14-6-8-16(9-7-14)27(20,24)25/h3-10H,2,11-12H2,1H3,(H2,20,24,25). The summed E-state index contributed by atoms with van der Waals surface area (Å²) < 4.78 is 40.6. The number of hydrogen-bond donors (Lipinski definition) is 1. The Bertz CT molecular complexity index is 929. The molecule has 0 heterocycles.